The number of benzene rings is 2. The molecule has 7 nitrogen and oxygen atoms in total. The van der Waals surface area contributed by atoms with Gasteiger partial charge in [-0.15, -0.1) is 0 Å². The second kappa shape index (κ2) is 10.7. The van der Waals surface area contributed by atoms with Crippen molar-refractivity contribution in [2.24, 2.45) is 0 Å². The highest BCUT2D eigenvalue weighted by molar-refractivity contribution is 8.18. The van der Waals surface area contributed by atoms with E-state index in [4.69, 9.17) is 17.0 Å². The van der Waals surface area contributed by atoms with Crippen molar-refractivity contribution in [3.63, 3.8) is 0 Å². The number of carbonyl (C=O) groups excluding carboxylic acids is 3. The summed E-state index contributed by atoms with van der Waals surface area (Å²) in [6, 6.07) is 7.54. The number of piperidine rings is 1. The molecule has 194 valence electrons. The van der Waals surface area contributed by atoms with Gasteiger partial charge in [0.1, 0.15) is 6.04 Å². The van der Waals surface area contributed by atoms with E-state index in [1.165, 1.54) is 18.2 Å². The second-order valence-electron chi connectivity index (χ2n) is 8.70. The first-order chi connectivity index (χ1) is 17.5. The molecule has 0 saturated carbocycles. The molecule has 1 atom stereocenters. The lowest BCUT2D eigenvalue weighted by molar-refractivity contribution is -0.138. The maximum absolute atomic E-state index is 13.4. The molecule has 0 radical (unpaired) electrons. The predicted octanol–water partition coefficient (Wildman–Crippen LogP) is 5.28. The Kier molecular flexibility index (Phi) is 7.77. The highest BCUT2D eigenvalue weighted by Gasteiger charge is 2.43. The number of likely N-dealkylation sites (N-methyl/N-ethyl adjacent to an activating group) is 1. The lowest BCUT2D eigenvalue weighted by Gasteiger charge is -2.31. The number of hydrogen-bond donors (Lipinski definition) is 2. The van der Waals surface area contributed by atoms with Gasteiger partial charge in [0.2, 0.25) is 0 Å². The Labute approximate surface area is 220 Å². The van der Waals surface area contributed by atoms with Crippen LogP contribution in [-0.2, 0) is 22.3 Å². The molecular formula is C25H22ClF3N4O3S. The van der Waals surface area contributed by atoms with Gasteiger partial charge in [-0.1, -0.05) is 23.7 Å². The van der Waals surface area contributed by atoms with Gasteiger partial charge < -0.3 is 10.7 Å². The summed E-state index contributed by atoms with van der Waals surface area (Å²) >= 11 is 6.48. The molecule has 2 heterocycles. The standard InChI is InChI=1S/C25H22ClF3N4O3S/c1-32-7-6-20(21(34)13-32)33-23(35)22(37-24(33)36)9-14-2-5-19(16(8-14)11-30)31-12-15-3-4-17(26)10-18(15)25(27,28)29/h2-5,8-11,20,30-31H,6-7,12-13H2,1H3/b22-9-,30-11?. The quantitative estimate of drug-likeness (QED) is 0.375. The van der Waals surface area contributed by atoms with Crippen molar-refractivity contribution in [3.05, 3.63) is 68.6 Å². The van der Waals surface area contributed by atoms with E-state index in [9.17, 15) is 27.6 Å². The average Bonchev–Trinajstić information content (AvgIpc) is 3.10. The first kappa shape index (κ1) is 26.9. The molecular weight excluding hydrogens is 529 g/mol. The summed E-state index contributed by atoms with van der Waals surface area (Å²) in [6.07, 6.45) is -1.66. The molecule has 2 fully saturated rings. The summed E-state index contributed by atoms with van der Waals surface area (Å²) in [5.74, 6) is -0.730. The minimum atomic E-state index is -4.57. The minimum absolute atomic E-state index is 0.00552. The van der Waals surface area contributed by atoms with E-state index in [-0.39, 0.29) is 34.4 Å². The zero-order valence-electron chi connectivity index (χ0n) is 19.6. The van der Waals surface area contributed by atoms with Crippen LogP contribution < -0.4 is 5.32 Å². The van der Waals surface area contributed by atoms with Crippen LogP contribution in [0.2, 0.25) is 5.02 Å². The van der Waals surface area contributed by atoms with Gasteiger partial charge in [-0.25, -0.2) is 0 Å². The third-order valence-electron chi connectivity index (χ3n) is 6.09. The molecule has 2 aromatic carbocycles. The topological polar surface area (TPSA) is 93.6 Å². The first-order valence-electron chi connectivity index (χ1n) is 11.2. The van der Waals surface area contributed by atoms with Crippen LogP contribution in [0.1, 0.15) is 28.7 Å². The van der Waals surface area contributed by atoms with Crippen LogP contribution in [0.4, 0.5) is 23.7 Å². The Morgan fingerprint density at radius 2 is 1.95 bits per heavy atom. The number of nitrogens with one attached hydrogen (secondary N) is 2. The number of halogens is 4. The zero-order valence-corrected chi connectivity index (χ0v) is 21.1. The Morgan fingerprint density at radius 1 is 1.19 bits per heavy atom. The smallest absolute Gasteiger partial charge is 0.380 e. The third-order valence-corrected chi connectivity index (χ3v) is 7.21. The van der Waals surface area contributed by atoms with Crippen LogP contribution in [0.15, 0.2) is 41.3 Å². The molecule has 2 aliphatic rings. The second-order valence-corrected chi connectivity index (χ2v) is 10.1. The number of ketones is 1. The fourth-order valence-electron chi connectivity index (χ4n) is 4.24. The van der Waals surface area contributed by atoms with Crippen molar-refractivity contribution >= 4 is 58.3 Å². The minimum Gasteiger partial charge on any atom is -0.380 e. The highest BCUT2D eigenvalue weighted by Crippen LogP contribution is 2.36. The van der Waals surface area contributed by atoms with E-state index in [1.54, 1.807) is 25.2 Å². The van der Waals surface area contributed by atoms with Crippen LogP contribution in [0.25, 0.3) is 6.08 Å². The van der Waals surface area contributed by atoms with Crippen LogP contribution in [0.5, 0.6) is 0 Å². The molecule has 0 aliphatic carbocycles. The molecule has 4 rings (SSSR count). The molecule has 12 heteroatoms. The lowest BCUT2D eigenvalue weighted by Crippen LogP contribution is -2.52. The van der Waals surface area contributed by atoms with E-state index in [0.717, 1.165) is 28.9 Å². The van der Waals surface area contributed by atoms with Crippen molar-refractivity contribution < 1.29 is 27.6 Å². The molecule has 0 aromatic heterocycles. The van der Waals surface area contributed by atoms with Gasteiger partial charge in [-0.2, -0.15) is 13.2 Å². The summed E-state index contributed by atoms with van der Waals surface area (Å²) < 4.78 is 40.2. The number of Topliss-reactive ketones (excluding diaryl/α,β-unsaturated/α-hetero) is 1. The van der Waals surface area contributed by atoms with E-state index < -0.39 is 28.9 Å². The third kappa shape index (κ3) is 5.89. The van der Waals surface area contributed by atoms with Crippen molar-refractivity contribution in [2.75, 3.05) is 25.5 Å². The Morgan fingerprint density at radius 3 is 2.62 bits per heavy atom. The Bertz CT molecular complexity index is 1310. The van der Waals surface area contributed by atoms with Gasteiger partial charge >= 0.3 is 6.18 Å². The van der Waals surface area contributed by atoms with Crippen LogP contribution in [-0.4, -0.2) is 59.1 Å². The lowest BCUT2D eigenvalue weighted by atomic mass is 10.0. The molecule has 0 spiro atoms. The number of anilines is 1. The molecule has 2 saturated heterocycles. The zero-order chi connectivity index (χ0) is 26.9. The number of amides is 2. The van der Waals surface area contributed by atoms with Gasteiger partial charge in [0.15, 0.2) is 5.78 Å². The molecule has 2 aliphatic heterocycles. The first-order valence-corrected chi connectivity index (χ1v) is 12.4. The van der Waals surface area contributed by atoms with E-state index in [0.29, 0.717) is 29.8 Å². The van der Waals surface area contributed by atoms with E-state index in [1.807, 2.05) is 4.90 Å². The van der Waals surface area contributed by atoms with Crippen molar-refractivity contribution in [2.45, 2.75) is 25.2 Å². The van der Waals surface area contributed by atoms with Crippen LogP contribution in [0.3, 0.4) is 0 Å². The van der Waals surface area contributed by atoms with Gasteiger partial charge in [0.25, 0.3) is 11.1 Å². The van der Waals surface area contributed by atoms with Crippen molar-refractivity contribution in [1.29, 1.82) is 5.41 Å². The predicted molar refractivity (Wildman–Crippen MR) is 137 cm³/mol. The average molecular weight is 551 g/mol. The number of carbonyl (C=O) groups is 3. The number of likely N-dealkylation sites (tertiary alicyclic amines) is 1. The molecule has 2 aromatic rings. The number of nitrogens with zero attached hydrogens (tertiary/aromatic N) is 2. The van der Waals surface area contributed by atoms with Gasteiger partial charge in [-0.3, -0.25) is 24.2 Å². The number of hydrogen-bond acceptors (Lipinski definition) is 7. The number of alkyl halides is 3. The maximum atomic E-state index is 13.4. The molecule has 1 unspecified atom stereocenters. The van der Waals surface area contributed by atoms with Gasteiger partial charge in [0, 0.05) is 35.6 Å². The van der Waals surface area contributed by atoms with Crippen molar-refractivity contribution in [3.8, 4) is 0 Å². The number of thioether (sulfide) groups is 1. The van der Waals surface area contributed by atoms with E-state index >= 15 is 0 Å². The fraction of sp³-hybridized carbons (Fsp3) is 0.280. The largest absolute Gasteiger partial charge is 0.416 e. The molecule has 0 bridgehead atoms. The maximum Gasteiger partial charge on any atom is 0.416 e. The fourth-order valence-corrected chi connectivity index (χ4v) is 5.29. The Hall–Kier alpha value is -3.15. The number of rotatable bonds is 6. The summed E-state index contributed by atoms with van der Waals surface area (Å²) in [4.78, 5) is 40.9. The monoisotopic (exact) mass is 550 g/mol. The van der Waals surface area contributed by atoms with Crippen molar-refractivity contribution in [1.82, 2.24) is 9.80 Å². The Balaban J connectivity index is 1.52. The highest BCUT2D eigenvalue weighted by atomic mass is 35.5. The summed E-state index contributed by atoms with van der Waals surface area (Å²) in [5, 5.41) is 10.1. The van der Waals surface area contributed by atoms with Crippen LogP contribution in [0, 0.1) is 5.41 Å². The molecule has 37 heavy (non-hydrogen) atoms. The molecule has 2 N–H and O–H groups in total. The van der Waals surface area contributed by atoms with E-state index in [2.05, 4.69) is 5.32 Å². The summed E-state index contributed by atoms with van der Waals surface area (Å²) in [6.45, 7) is 0.605. The van der Waals surface area contributed by atoms with Gasteiger partial charge in [0.05, 0.1) is 17.0 Å². The normalized spacial score (nSPS) is 20.1. The summed E-state index contributed by atoms with van der Waals surface area (Å²) in [5.41, 5.74) is 0.460. The molecule has 2 amide bonds. The number of imide groups is 1. The summed E-state index contributed by atoms with van der Waals surface area (Å²) in [7, 11) is 1.80. The SMILES string of the molecule is CN1CCC(N2C(=O)S/C(=C\c3ccc(NCc4ccc(Cl)cc4C(F)(F)F)c(C=N)c3)C2=O)C(=O)C1. The van der Waals surface area contributed by atoms with Gasteiger partial charge in [-0.05, 0) is 66.7 Å². The van der Waals surface area contributed by atoms with Crippen LogP contribution >= 0.6 is 23.4 Å².